The fourth-order valence-corrected chi connectivity index (χ4v) is 1.86. The Balaban J connectivity index is 2.17. The highest BCUT2D eigenvalue weighted by Crippen LogP contribution is 2.19. The summed E-state index contributed by atoms with van der Waals surface area (Å²) in [6.07, 6.45) is 4.26. The van der Waals surface area contributed by atoms with Crippen LogP contribution in [0.4, 0.5) is 0 Å². The largest absolute Gasteiger partial charge is 0.386 e. The molecular formula is C14H16N2O. The van der Waals surface area contributed by atoms with E-state index in [2.05, 4.69) is 16.9 Å². The predicted molar refractivity (Wildman–Crippen MR) is 66.5 cm³/mol. The first-order chi connectivity index (χ1) is 8.31. The summed E-state index contributed by atoms with van der Waals surface area (Å²) in [5, 5.41) is 10.2. The number of rotatable bonds is 4. The van der Waals surface area contributed by atoms with E-state index in [4.69, 9.17) is 0 Å². The average Bonchev–Trinajstić information content (AvgIpc) is 2.40. The van der Waals surface area contributed by atoms with Crippen LogP contribution >= 0.6 is 0 Å². The van der Waals surface area contributed by atoms with Gasteiger partial charge in [0, 0.05) is 24.5 Å². The Labute approximate surface area is 101 Å². The minimum Gasteiger partial charge on any atom is -0.386 e. The molecule has 2 aromatic heterocycles. The zero-order chi connectivity index (χ0) is 12.1. The number of hydrogen-bond donors (Lipinski definition) is 1. The highest BCUT2D eigenvalue weighted by Gasteiger charge is 2.13. The van der Waals surface area contributed by atoms with Gasteiger partial charge in [-0.1, -0.05) is 19.1 Å². The average molecular weight is 228 g/mol. The van der Waals surface area contributed by atoms with E-state index < -0.39 is 6.10 Å². The van der Waals surface area contributed by atoms with Gasteiger partial charge in [-0.25, -0.2) is 0 Å². The topological polar surface area (TPSA) is 46.0 Å². The third kappa shape index (κ3) is 2.88. The van der Waals surface area contributed by atoms with Crippen molar-refractivity contribution in [2.75, 3.05) is 0 Å². The molecule has 17 heavy (non-hydrogen) atoms. The summed E-state index contributed by atoms with van der Waals surface area (Å²) < 4.78 is 0. The molecule has 2 aromatic rings. The second-order valence-electron chi connectivity index (χ2n) is 3.94. The van der Waals surface area contributed by atoms with Crippen LogP contribution in [0.5, 0.6) is 0 Å². The van der Waals surface area contributed by atoms with E-state index in [1.807, 2.05) is 30.3 Å². The van der Waals surface area contributed by atoms with Crippen LogP contribution in [0.25, 0.3) is 0 Å². The van der Waals surface area contributed by atoms with Gasteiger partial charge in [0.05, 0.1) is 5.69 Å². The van der Waals surface area contributed by atoms with Crippen molar-refractivity contribution in [1.29, 1.82) is 0 Å². The summed E-state index contributed by atoms with van der Waals surface area (Å²) in [7, 11) is 0. The zero-order valence-electron chi connectivity index (χ0n) is 9.87. The molecule has 0 spiro atoms. The standard InChI is InChI=1S/C14H16N2O/c1-2-11-6-5-9-16-14(11)13(17)10-12-7-3-4-8-15-12/h3-9,13,17H,2,10H2,1H3. The summed E-state index contributed by atoms with van der Waals surface area (Å²) in [6, 6.07) is 9.61. The Morgan fingerprint density at radius 1 is 1.12 bits per heavy atom. The third-order valence-corrected chi connectivity index (χ3v) is 2.75. The van der Waals surface area contributed by atoms with Crippen molar-refractivity contribution in [2.24, 2.45) is 0 Å². The lowest BCUT2D eigenvalue weighted by molar-refractivity contribution is 0.171. The third-order valence-electron chi connectivity index (χ3n) is 2.75. The van der Waals surface area contributed by atoms with Crippen LogP contribution in [-0.4, -0.2) is 15.1 Å². The summed E-state index contributed by atoms with van der Waals surface area (Å²) in [6.45, 7) is 2.06. The van der Waals surface area contributed by atoms with Gasteiger partial charge in [0.2, 0.25) is 0 Å². The number of aryl methyl sites for hydroxylation is 1. The van der Waals surface area contributed by atoms with E-state index >= 15 is 0 Å². The highest BCUT2D eigenvalue weighted by molar-refractivity contribution is 5.23. The number of nitrogens with zero attached hydrogens (tertiary/aromatic N) is 2. The molecule has 3 nitrogen and oxygen atoms in total. The van der Waals surface area contributed by atoms with Crippen LogP contribution in [0.1, 0.15) is 30.0 Å². The van der Waals surface area contributed by atoms with Crippen LogP contribution in [0.3, 0.4) is 0 Å². The molecule has 0 aliphatic carbocycles. The lowest BCUT2D eigenvalue weighted by Crippen LogP contribution is -2.08. The molecular weight excluding hydrogens is 212 g/mol. The van der Waals surface area contributed by atoms with Crippen LogP contribution in [0.2, 0.25) is 0 Å². The molecule has 0 radical (unpaired) electrons. The van der Waals surface area contributed by atoms with Crippen molar-refractivity contribution in [3.63, 3.8) is 0 Å². The molecule has 1 unspecified atom stereocenters. The molecule has 0 aliphatic heterocycles. The van der Waals surface area contributed by atoms with Gasteiger partial charge in [-0.05, 0) is 30.2 Å². The maximum absolute atomic E-state index is 10.2. The van der Waals surface area contributed by atoms with Crippen molar-refractivity contribution in [3.05, 3.63) is 59.7 Å². The molecule has 2 heterocycles. The molecule has 0 amide bonds. The van der Waals surface area contributed by atoms with Gasteiger partial charge in [-0.15, -0.1) is 0 Å². The van der Waals surface area contributed by atoms with Gasteiger partial charge in [-0.2, -0.15) is 0 Å². The molecule has 2 rings (SSSR count). The minimum absolute atomic E-state index is 0.505. The molecule has 0 saturated heterocycles. The Morgan fingerprint density at radius 3 is 2.65 bits per heavy atom. The number of aliphatic hydroxyl groups is 1. The van der Waals surface area contributed by atoms with Crippen molar-refractivity contribution < 1.29 is 5.11 Å². The molecule has 3 heteroatoms. The number of pyridine rings is 2. The SMILES string of the molecule is CCc1cccnc1C(O)Cc1ccccn1. The van der Waals surface area contributed by atoms with E-state index in [1.54, 1.807) is 12.4 Å². The molecule has 0 fully saturated rings. The highest BCUT2D eigenvalue weighted by atomic mass is 16.3. The number of aromatic nitrogens is 2. The van der Waals surface area contributed by atoms with Gasteiger partial charge in [0.25, 0.3) is 0 Å². The van der Waals surface area contributed by atoms with Gasteiger partial charge < -0.3 is 5.11 Å². The number of hydrogen-bond acceptors (Lipinski definition) is 3. The second kappa shape index (κ2) is 5.55. The number of aliphatic hydroxyl groups excluding tert-OH is 1. The lowest BCUT2D eigenvalue weighted by Gasteiger charge is -2.13. The smallest absolute Gasteiger partial charge is 0.102 e. The van der Waals surface area contributed by atoms with Crippen LogP contribution in [0, 0.1) is 0 Å². The molecule has 0 aliphatic rings. The summed E-state index contributed by atoms with van der Waals surface area (Å²) in [4.78, 5) is 8.48. The van der Waals surface area contributed by atoms with Gasteiger partial charge in [-0.3, -0.25) is 9.97 Å². The first-order valence-electron chi connectivity index (χ1n) is 5.83. The molecule has 0 aromatic carbocycles. The first kappa shape index (κ1) is 11.7. The van der Waals surface area contributed by atoms with Crippen LogP contribution in [-0.2, 0) is 12.8 Å². The molecule has 0 saturated carbocycles. The van der Waals surface area contributed by atoms with Crippen molar-refractivity contribution in [2.45, 2.75) is 25.9 Å². The fourth-order valence-electron chi connectivity index (χ4n) is 1.86. The van der Waals surface area contributed by atoms with Gasteiger partial charge in [0.1, 0.15) is 6.10 Å². The molecule has 1 N–H and O–H groups in total. The summed E-state index contributed by atoms with van der Waals surface area (Å²) >= 11 is 0. The van der Waals surface area contributed by atoms with E-state index in [9.17, 15) is 5.11 Å². The maximum Gasteiger partial charge on any atom is 0.102 e. The second-order valence-corrected chi connectivity index (χ2v) is 3.94. The summed E-state index contributed by atoms with van der Waals surface area (Å²) in [5.41, 5.74) is 2.74. The van der Waals surface area contributed by atoms with E-state index in [-0.39, 0.29) is 0 Å². The van der Waals surface area contributed by atoms with Gasteiger partial charge in [0.15, 0.2) is 0 Å². The molecule has 1 atom stereocenters. The molecule has 0 bridgehead atoms. The quantitative estimate of drug-likeness (QED) is 0.873. The van der Waals surface area contributed by atoms with Crippen molar-refractivity contribution >= 4 is 0 Å². The van der Waals surface area contributed by atoms with Crippen LogP contribution in [0.15, 0.2) is 42.7 Å². The maximum atomic E-state index is 10.2. The van der Waals surface area contributed by atoms with Gasteiger partial charge >= 0.3 is 0 Å². The predicted octanol–water partition coefficient (Wildman–Crippen LogP) is 2.32. The monoisotopic (exact) mass is 228 g/mol. The Bertz CT molecular complexity index is 471. The zero-order valence-corrected chi connectivity index (χ0v) is 9.87. The first-order valence-corrected chi connectivity index (χ1v) is 5.83. The summed E-state index contributed by atoms with van der Waals surface area (Å²) in [5.74, 6) is 0. The fraction of sp³-hybridized carbons (Fsp3) is 0.286. The van der Waals surface area contributed by atoms with Crippen molar-refractivity contribution in [1.82, 2.24) is 9.97 Å². The minimum atomic E-state index is -0.582. The van der Waals surface area contributed by atoms with E-state index in [1.165, 1.54) is 0 Å². The Hall–Kier alpha value is -1.74. The Morgan fingerprint density at radius 2 is 1.94 bits per heavy atom. The van der Waals surface area contributed by atoms with Crippen molar-refractivity contribution in [3.8, 4) is 0 Å². The Kier molecular flexibility index (Phi) is 3.83. The lowest BCUT2D eigenvalue weighted by atomic mass is 10.0. The van der Waals surface area contributed by atoms with Crippen LogP contribution < -0.4 is 0 Å². The van der Waals surface area contributed by atoms with E-state index in [0.29, 0.717) is 6.42 Å². The van der Waals surface area contributed by atoms with E-state index in [0.717, 1.165) is 23.4 Å². The normalized spacial score (nSPS) is 12.4. The molecule has 88 valence electrons.